The first-order chi connectivity index (χ1) is 14.1. The Labute approximate surface area is 170 Å². The number of hydrogen-bond donors (Lipinski definition) is 2. The number of aromatic nitrogens is 1. The zero-order chi connectivity index (χ0) is 20.2. The largest absolute Gasteiger partial charge is 0.454 e. The minimum atomic E-state index is -0.118. The van der Waals surface area contributed by atoms with Crippen molar-refractivity contribution in [2.75, 3.05) is 17.2 Å². The number of anilines is 2. The van der Waals surface area contributed by atoms with Crippen LogP contribution in [-0.4, -0.2) is 17.4 Å². The third-order valence-corrected chi connectivity index (χ3v) is 4.77. The minimum Gasteiger partial charge on any atom is -0.454 e. The van der Waals surface area contributed by atoms with Gasteiger partial charge in [0.25, 0.3) is 0 Å². The number of benzene rings is 2. The topological polar surface area (TPSA) is 63.2 Å². The Balaban J connectivity index is 1.72. The van der Waals surface area contributed by atoms with Crippen molar-refractivity contribution in [3.8, 4) is 5.75 Å². The Morgan fingerprint density at radius 3 is 2.59 bits per heavy atom. The molecule has 1 aliphatic heterocycles. The van der Waals surface area contributed by atoms with Gasteiger partial charge in [0, 0.05) is 49.1 Å². The molecule has 2 aromatic carbocycles. The number of ether oxygens (including phenoxy) is 1. The van der Waals surface area contributed by atoms with Gasteiger partial charge in [-0.25, -0.2) is 0 Å². The van der Waals surface area contributed by atoms with E-state index in [9.17, 15) is 4.79 Å². The van der Waals surface area contributed by atoms with Crippen LogP contribution in [0, 0.1) is 6.92 Å². The second-order valence-electron chi connectivity index (χ2n) is 7.15. The fourth-order valence-electron chi connectivity index (χ4n) is 3.54. The molecule has 0 fully saturated rings. The highest BCUT2D eigenvalue weighted by molar-refractivity contribution is 5.91. The molecule has 29 heavy (non-hydrogen) atoms. The smallest absolute Gasteiger partial charge is 0.221 e. The highest BCUT2D eigenvalue weighted by Gasteiger charge is 2.24. The predicted molar refractivity (Wildman–Crippen MR) is 116 cm³/mol. The number of amides is 1. The normalized spacial score (nSPS) is 12.8. The summed E-state index contributed by atoms with van der Waals surface area (Å²) in [6.07, 6.45) is 4.25. The van der Waals surface area contributed by atoms with Gasteiger partial charge in [-0.15, -0.1) is 0 Å². The van der Waals surface area contributed by atoms with Crippen LogP contribution in [0.4, 0.5) is 11.4 Å². The molecule has 5 nitrogen and oxygen atoms in total. The molecule has 0 atom stereocenters. The van der Waals surface area contributed by atoms with Crippen LogP contribution < -0.4 is 15.4 Å². The number of carbonyl (C=O) groups excluding carboxylic acids is 1. The van der Waals surface area contributed by atoms with Crippen LogP contribution in [0.1, 0.15) is 23.6 Å². The van der Waals surface area contributed by atoms with Gasteiger partial charge in [0.15, 0.2) is 5.75 Å². The molecule has 1 aromatic heterocycles. The summed E-state index contributed by atoms with van der Waals surface area (Å²) in [6, 6.07) is 18.0. The molecule has 2 heterocycles. The number of pyridine rings is 1. The molecule has 4 rings (SSSR count). The highest BCUT2D eigenvalue weighted by atomic mass is 16.5. The van der Waals surface area contributed by atoms with Gasteiger partial charge in [-0.3, -0.25) is 9.78 Å². The minimum absolute atomic E-state index is 0.118. The summed E-state index contributed by atoms with van der Waals surface area (Å²) in [4.78, 5) is 15.8. The van der Waals surface area contributed by atoms with E-state index in [-0.39, 0.29) is 5.91 Å². The van der Waals surface area contributed by atoms with Gasteiger partial charge in [-0.05, 0) is 48.4 Å². The Bertz CT molecular complexity index is 1060. The molecule has 0 bridgehead atoms. The maximum Gasteiger partial charge on any atom is 0.221 e. The van der Waals surface area contributed by atoms with E-state index in [4.69, 9.17) is 4.74 Å². The zero-order valence-corrected chi connectivity index (χ0v) is 16.5. The van der Waals surface area contributed by atoms with Crippen molar-refractivity contribution in [2.45, 2.75) is 20.3 Å². The number of nitrogens with zero attached hydrogens (tertiary/aromatic N) is 1. The van der Waals surface area contributed by atoms with Crippen LogP contribution in [0.2, 0.25) is 0 Å². The molecular weight excluding hydrogens is 362 g/mol. The van der Waals surface area contributed by atoms with E-state index in [2.05, 4.69) is 21.7 Å². The molecule has 0 saturated carbocycles. The Morgan fingerprint density at radius 2 is 1.86 bits per heavy atom. The molecule has 5 heteroatoms. The summed E-state index contributed by atoms with van der Waals surface area (Å²) in [7, 11) is 0. The quantitative estimate of drug-likeness (QED) is 0.662. The average molecular weight is 385 g/mol. The number of rotatable bonds is 5. The summed E-state index contributed by atoms with van der Waals surface area (Å²) in [5, 5.41) is 6.39. The molecule has 2 N–H and O–H groups in total. The Hall–Kier alpha value is -3.60. The summed E-state index contributed by atoms with van der Waals surface area (Å²) in [5.41, 5.74) is 6.02. The lowest BCUT2D eigenvalue weighted by Gasteiger charge is -2.27. The summed E-state index contributed by atoms with van der Waals surface area (Å²) in [5.74, 6) is 1.40. The molecule has 3 aromatic rings. The van der Waals surface area contributed by atoms with Crippen molar-refractivity contribution in [3.05, 3.63) is 89.3 Å². The lowest BCUT2D eigenvalue weighted by Crippen LogP contribution is -2.18. The Kier molecular flexibility index (Phi) is 5.29. The Morgan fingerprint density at radius 1 is 1.10 bits per heavy atom. The van der Waals surface area contributed by atoms with E-state index in [0.717, 1.165) is 40.1 Å². The molecule has 146 valence electrons. The third-order valence-electron chi connectivity index (χ3n) is 4.77. The molecule has 1 aliphatic rings. The molecule has 1 amide bonds. The zero-order valence-electron chi connectivity index (χ0n) is 16.5. The summed E-state index contributed by atoms with van der Waals surface area (Å²) < 4.78 is 6.40. The van der Waals surface area contributed by atoms with Gasteiger partial charge in [0.05, 0.1) is 5.69 Å². The van der Waals surface area contributed by atoms with E-state index in [1.165, 1.54) is 6.92 Å². The van der Waals surface area contributed by atoms with Crippen LogP contribution >= 0.6 is 0 Å². The van der Waals surface area contributed by atoms with Gasteiger partial charge in [0.2, 0.25) is 5.91 Å². The van der Waals surface area contributed by atoms with Gasteiger partial charge in [-0.2, -0.15) is 0 Å². The van der Waals surface area contributed by atoms with E-state index in [1.54, 1.807) is 12.4 Å². The lowest BCUT2D eigenvalue weighted by molar-refractivity contribution is -0.114. The number of carbonyl (C=O) groups is 1. The van der Waals surface area contributed by atoms with Crippen molar-refractivity contribution in [1.29, 1.82) is 0 Å². The van der Waals surface area contributed by atoms with Crippen LogP contribution in [0.15, 0.2) is 72.6 Å². The van der Waals surface area contributed by atoms with Gasteiger partial charge in [-0.1, -0.05) is 24.3 Å². The first-order valence-electron chi connectivity index (χ1n) is 9.60. The maximum atomic E-state index is 11.7. The fraction of sp³-hybridized carbons (Fsp3) is 0.167. The first-order valence-corrected chi connectivity index (χ1v) is 9.60. The summed E-state index contributed by atoms with van der Waals surface area (Å²) in [6.45, 7) is 4.19. The molecule has 0 spiro atoms. The number of para-hydroxylation sites is 1. The van der Waals surface area contributed by atoms with Crippen LogP contribution in [-0.2, 0) is 11.2 Å². The number of aryl methyl sites for hydroxylation is 1. The predicted octanol–water partition coefficient (Wildman–Crippen LogP) is 4.81. The number of hydrogen-bond acceptors (Lipinski definition) is 4. The fourth-order valence-corrected chi connectivity index (χ4v) is 3.54. The molecule has 0 saturated heterocycles. The van der Waals surface area contributed by atoms with E-state index >= 15 is 0 Å². The van der Waals surface area contributed by atoms with Crippen LogP contribution in [0.25, 0.3) is 5.76 Å². The second kappa shape index (κ2) is 8.19. The van der Waals surface area contributed by atoms with Gasteiger partial charge < -0.3 is 15.4 Å². The van der Waals surface area contributed by atoms with E-state index < -0.39 is 0 Å². The molecule has 0 radical (unpaired) electrons. The third kappa shape index (κ3) is 4.29. The summed E-state index contributed by atoms with van der Waals surface area (Å²) >= 11 is 0. The van der Waals surface area contributed by atoms with Crippen molar-refractivity contribution >= 4 is 23.0 Å². The van der Waals surface area contributed by atoms with Gasteiger partial charge in [0.1, 0.15) is 5.76 Å². The molecule has 0 unspecified atom stereocenters. The van der Waals surface area contributed by atoms with Crippen molar-refractivity contribution in [3.63, 3.8) is 0 Å². The SMILES string of the molecule is CC(=O)Nc1cc(C)cc2c1OC(c1ccncc1)=C(CNc1ccccc1)C2. The van der Waals surface area contributed by atoms with Crippen LogP contribution in [0.5, 0.6) is 5.75 Å². The average Bonchev–Trinajstić information content (AvgIpc) is 2.72. The first kappa shape index (κ1) is 18.7. The second-order valence-corrected chi connectivity index (χ2v) is 7.15. The number of nitrogens with one attached hydrogen (secondary N) is 2. The standard InChI is InChI=1S/C24H23N3O2/c1-16-12-19-14-20(15-26-21-6-4-3-5-7-21)23(18-8-10-25-11-9-18)29-24(19)22(13-16)27-17(2)28/h3-13,26H,14-15H2,1-2H3,(H,27,28). The monoisotopic (exact) mass is 385 g/mol. The lowest BCUT2D eigenvalue weighted by atomic mass is 9.95. The highest BCUT2D eigenvalue weighted by Crippen LogP contribution is 2.40. The van der Waals surface area contributed by atoms with Crippen molar-refractivity contribution in [1.82, 2.24) is 4.98 Å². The van der Waals surface area contributed by atoms with Crippen LogP contribution in [0.3, 0.4) is 0 Å². The van der Waals surface area contributed by atoms with Gasteiger partial charge >= 0.3 is 0 Å². The number of fused-ring (bicyclic) bond motifs is 1. The van der Waals surface area contributed by atoms with E-state index in [1.807, 2.05) is 55.5 Å². The molecule has 0 aliphatic carbocycles. The van der Waals surface area contributed by atoms with Crippen molar-refractivity contribution < 1.29 is 9.53 Å². The van der Waals surface area contributed by atoms with Crippen molar-refractivity contribution in [2.24, 2.45) is 0 Å². The van der Waals surface area contributed by atoms with E-state index in [0.29, 0.717) is 18.0 Å². The molecular formula is C24H23N3O2. The maximum absolute atomic E-state index is 11.7.